The lowest BCUT2D eigenvalue weighted by Crippen LogP contribution is -2.20. The van der Waals surface area contributed by atoms with Crippen molar-refractivity contribution in [1.29, 1.82) is 0 Å². The summed E-state index contributed by atoms with van der Waals surface area (Å²) in [6.45, 7) is 2.63. The van der Waals surface area contributed by atoms with Crippen LogP contribution in [0.25, 0.3) is 0 Å². The Kier molecular flexibility index (Phi) is 7.27. The number of hydrogen-bond donors (Lipinski definition) is 0. The van der Waals surface area contributed by atoms with Crippen LogP contribution in [0.3, 0.4) is 0 Å². The maximum absolute atomic E-state index is 13.4. The summed E-state index contributed by atoms with van der Waals surface area (Å²) in [6, 6.07) is 6.81. The first-order valence-corrected chi connectivity index (χ1v) is 8.82. The van der Waals surface area contributed by atoms with Gasteiger partial charge in [0.15, 0.2) is 5.82 Å². The van der Waals surface area contributed by atoms with Gasteiger partial charge in [0.05, 0.1) is 19.4 Å². The van der Waals surface area contributed by atoms with E-state index < -0.39 is 11.7 Å². The van der Waals surface area contributed by atoms with Crippen molar-refractivity contribution in [3.63, 3.8) is 0 Å². The summed E-state index contributed by atoms with van der Waals surface area (Å²) in [7, 11) is 2.82. The maximum atomic E-state index is 13.4. The molecule has 0 amide bonds. The standard InChI is InChI=1S/C19H24F3N3O2/c1-4-5-6-9-12-27-16-11-8-7-10-15(16)25(2)17-14(19(20,21)22)13-23-18(24-17)26-3/h7-8,10-11,13H,4-6,9,12H2,1-3H3. The number of rotatable bonds is 9. The van der Waals surface area contributed by atoms with E-state index in [1.807, 2.05) is 0 Å². The monoisotopic (exact) mass is 383 g/mol. The molecular formula is C19H24F3N3O2. The largest absolute Gasteiger partial charge is 0.491 e. The normalized spacial score (nSPS) is 11.3. The van der Waals surface area contributed by atoms with Crippen LogP contribution in [-0.2, 0) is 6.18 Å². The highest BCUT2D eigenvalue weighted by Gasteiger charge is 2.37. The summed E-state index contributed by atoms with van der Waals surface area (Å²) in [6.07, 6.45) is 0.324. The number of nitrogens with zero attached hydrogens (tertiary/aromatic N) is 3. The first kappa shape index (κ1) is 20.8. The van der Waals surface area contributed by atoms with Crippen LogP contribution < -0.4 is 14.4 Å². The first-order chi connectivity index (χ1) is 12.9. The predicted octanol–water partition coefficient (Wildman–Crippen LogP) is 5.23. The van der Waals surface area contributed by atoms with E-state index in [1.165, 1.54) is 19.1 Å². The van der Waals surface area contributed by atoms with E-state index in [0.717, 1.165) is 31.9 Å². The van der Waals surface area contributed by atoms with Crippen molar-refractivity contribution >= 4 is 11.5 Å². The fraction of sp³-hybridized carbons (Fsp3) is 0.474. The second-order valence-corrected chi connectivity index (χ2v) is 6.03. The third kappa shape index (κ3) is 5.48. The summed E-state index contributed by atoms with van der Waals surface area (Å²) in [5.74, 6) is 0.207. The molecule has 0 aliphatic rings. The molecule has 27 heavy (non-hydrogen) atoms. The molecular weight excluding hydrogens is 359 g/mol. The van der Waals surface area contributed by atoms with E-state index in [1.54, 1.807) is 24.3 Å². The quantitative estimate of drug-likeness (QED) is 0.555. The number of hydrogen-bond acceptors (Lipinski definition) is 5. The Bertz CT molecular complexity index is 738. The van der Waals surface area contributed by atoms with Gasteiger partial charge in [-0.05, 0) is 18.6 Å². The van der Waals surface area contributed by atoms with Crippen molar-refractivity contribution in [1.82, 2.24) is 9.97 Å². The van der Waals surface area contributed by atoms with Gasteiger partial charge in [0.25, 0.3) is 0 Å². The smallest absolute Gasteiger partial charge is 0.421 e. The number of ether oxygens (including phenoxy) is 2. The van der Waals surface area contributed by atoms with E-state index in [0.29, 0.717) is 18.0 Å². The van der Waals surface area contributed by atoms with Gasteiger partial charge in [0.2, 0.25) is 0 Å². The van der Waals surface area contributed by atoms with Gasteiger partial charge in [0, 0.05) is 13.2 Å². The van der Waals surface area contributed by atoms with Gasteiger partial charge < -0.3 is 14.4 Å². The van der Waals surface area contributed by atoms with Crippen LogP contribution >= 0.6 is 0 Å². The summed E-state index contributed by atoms with van der Waals surface area (Å²) in [4.78, 5) is 8.84. The zero-order valence-electron chi connectivity index (χ0n) is 15.7. The molecule has 1 aromatic heterocycles. The van der Waals surface area contributed by atoms with Gasteiger partial charge >= 0.3 is 12.2 Å². The molecule has 0 saturated carbocycles. The molecule has 0 atom stereocenters. The van der Waals surface area contributed by atoms with Crippen molar-refractivity contribution in [2.45, 2.75) is 38.8 Å². The van der Waals surface area contributed by atoms with Gasteiger partial charge in [0.1, 0.15) is 11.3 Å². The van der Waals surface area contributed by atoms with Gasteiger partial charge in [-0.1, -0.05) is 38.3 Å². The van der Waals surface area contributed by atoms with Gasteiger partial charge in [-0.15, -0.1) is 0 Å². The minimum absolute atomic E-state index is 0.136. The Hall–Kier alpha value is -2.51. The molecule has 148 valence electrons. The van der Waals surface area contributed by atoms with Crippen LogP contribution in [0, 0.1) is 0 Å². The molecule has 0 unspecified atom stereocenters. The van der Waals surface area contributed by atoms with Crippen LogP contribution in [-0.4, -0.2) is 30.7 Å². The number of benzene rings is 1. The number of alkyl halides is 3. The lowest BCUT2D eigenvalue weighted by molar-refractivity contribution is -0.137. The second-order valence-electron chi connectivity index (χ2n) is 6.03. The minimum atomic E-state index is -4.59. The number of halogens is 3. The van der Waals surface area contributed by atoms with E-state index >= 15 is 0 Å². The molecule has 0 spiro atoms. The van der Waals surface area contributed by atoms with Crippen LogP contribution in [0.1, 0.15) is 38.2 Å². The fourth-order valence-electron chi connectivity index (χ4n) is 2.59. The highest BCUT2D eigenvalue weighted by Crippen LogP contribution is 2.40. The van der Waals surface area contributed by atoms with Crippen LogP contribution in [0.2, 0.25) is 0 Å². The maximum Gasteiger partial charge on any atom is 0.421 e. The van der Waals surface area contributed by atoms with Gasteiger partial charge in [-0.3, -0.25) is 0 Å². The SMILES string of the molecule is CCCCCCOc1ccccc1N(C)c1nc(OC)ncc1C(F)(F)F. The Morgan fingerprint density at radius 3 is 2.52 bits per heavy atom. The minimum Gasteiger partial charge on any atom is -0.491 e. The highest BCUT2D eigenvalue weighted by atomic mass is 19.4. The van der Waals surface area contributed by atoms with Gasteiger partial charge in [-0.25, -0.2) is 4.98 Å². The summed E-state index contributed by atoms with van der Waals surface area (Å²) < 4.78 is 50.9. The second kappa shape index (κ2) is 9.43. The zero-order chi connectivity index (χ0) is 19.9. The van der Waals surface area contributed by atoms with E-state index in [-0.39, 0.29) is 11.8 Å². The Morgan fingerprint density at radius 1 is 1.11 bits per heavy atom. The lowest BCUT2D eigenvalue weighted by Gasteiger charge is -2.24. The fourth-order valence-corrected chi connectivity index (χ4v) is 2.59. The lowest BCUT2D eigenvalue weighted by atomic mass is 10.2. The average Bonchev–Trinajstić information content (AvgIpc) is 2.66. The highest BCUT2D eigenvalue weighted by molar-refractivity contribution is 5.68. The molecule has 8 heteroatoms. The molecule has 0 fully saturated rings. The van der Waals surface area contributed by atoms with Crippen molar-refractivity contribution in [3.05, 3.63) is 36.0 Å². The van der Waals surface area contributed by atoms with E-state index in [9.17, 15) is 13.2 Å². The third-order valence-electron chi connectivity index (χ3n) is 4.03. The number of unbranched alkanes of at least 4 members (excludes halogenated alkanes) is 3. The van der Waals surface area contributed by atoms with Gasteiger partial charge in [-0.2, -0.15) is 18.2 Å². The van der Waals surface area contributed by atoms with E-state index in [2.05, 4.69) is 16.9 Å². The van der Waals surface area contributed by atoms with Crippen LogP contribution in [0.5, 0.6) is 11.8 Å². The molecule has 2 rings (SSSR count). The molecule has 0 radical (unpaired) electrons. The van der Waals surface area contributed by atoms with Crippen molar-refractivity contribution in [2.75, 3.05) is 25.7 Å². The first-order valence-electron chi connectivity index (χ1n) is 8.82. The molecule has 0 aliphatic carbocycles. The van der Waals surface area contributed by atoms with E-state index in [4.69, 9.17) is 9.47 Å². The zero-order valence-corrected chi connectivity index (χ0v) is 15.7. The molecule has 0 saturated heterocycles. The predicted molar refractivity (Wildman–Crippen MR) is 97.7 cm³/mol. The van der Waals surface area contributed by atoms with Crippen molar-refractivity contribution in [3.8, 4) is 11.8 Å². The molecule has 1 heterocycles. The summed E-state index contributed by atoms with van der Waals surface area (Å²) >= 11 is 0. The molecule has 0 bridgehead atoms. The molecule has 0 aliphatic heterocycles. The van der Waals surface area contributed by atoms with Crippen molar-refractivity contribution < 1.29 is 22.6 Å². The Morgan fingerprint density at radius 2 is 1.85 bits per heavy atom. The number of methoxy groups -OCH3 is 1. The number of para-hydroxylation sites is 2. The van der Waals surface area contributed by atoms with Crippen molar-refractivity contribution in [2.24, 2.45) is 0 Å². The third-order valence-corrected chi connectivity index (χ3v) is 4.03. The summed E-state index contributed by atoms with van der Waals surface area (Å²) in [5, 5.41) is 0. The average molecular weight is 383 g/mol. The Balaban J connectivity index is 2.31. The van der Waals surface area contributed by atoms with Crippen LogP contribution in [0.15, 0.2) is 30.5 Å². The molecule has 0 N–H and O–H groups in total. The molecule has 5 nitrogen and oxygen atoms in total. The molecule has 2 aromatic rings. The number of anilines is 2. The number of aromatic nitrogens is 2. The Labute approximate surface area is 157 Å². The summed E-state index contributed by atoms with van der Waals surface area (Å²) in [5.41, 5.74) is -0.456. The van der Waals surface area contributed by atoms with Crippen LogP contribution in [0.4, 0.5) is 24.7 Å². The molecule has 1 aromatic carbocycles. The topological polar surface area (TPSA) is 47.5 Å².